The fourth-order valence-electron chi connectivity index (χ4n) is 1.34. The highest BCUT2D eigenvalue weighted by Crippen LogP contribution is 2.17. The van der Waals surface area contributed by atoms with E-state index in [2.05, 4.69) is 11.9 Å². The molecule has 0 aliphatic heterocycles. The van der Waals surface area contributed by atoms with E-state index in [0.29, 0.717) is 5.69 Å². The van der Waals surface area contributed by atoms with E-state index in [9.17, 15) is 4.39 Å². The third kappa shape index (κ3) is 3.58. The van der Waals surface area contributed by atoms with Crippen molar-refractivity contribution in [2.45, 2.75) is 20.8 Å². The molecule has 1 N–H and O–H groups in total. The summed E-state index contributed by atoms with van der Waals surface area (Å²) in [4.78, 5) is 0. The maximum atomic E-state index is 13.4. The molecule has 0 aliphatic rings. The Morgan fingerprint density at radius 2 is 2.07 bits per heavy atom. The molecule has 0 spiro atoms. The molecule has 0 aliphatic carbocycles. The zero-order valence-corrected chi connectivity index (χ0v) is 9.39. The van der Waals surface area contributed by atoms with Crippen molar-refractivity contribution in [2.24, 2.45) is 0 Å². The van der Waals surface area contributed by atoms with Gasteiger partial charge < -0.3 is 5.32 Å². The fourth-order valence-corrected chi connectivity index (χ4v) is 1.34. The fraction of sp³-hybridized carbons (Fsp3) is 0.231. The normalized spacial score (nSPS) is 11.3. The molecule has 0 unspecified atom stereocenters. The van der Waals surface area contributed by atoms with Gasteiger partial charge in [-0.05, 0) is 44.5 Å². The molecular weight excluding hydrogens is 189 g/mol. The molecule has 0 saturated heterocycles. The van der Waals surface area contributed by atoms with Gasteiger partial charge in [0.15, 0.2) is 0 Å². The molecule has 1 nitrogen and oxygen atoms in total. The molecule has 80 valence electrons. The molecule has 1 rings (SSSR count). The SMILES string of the molecule is C=C(C)/C=C(\C)Nc1ccc(C)cc1F. The van der Waals surface area contributed by atoms with Crippen molar-refractivity contribution in [3.8, 4) is 0 Å². The predicted molar refractivity (Wildman–Crippen MR) is 63.3 cm³/mol. The topological polar surface area (TPSA) is 12.0 Å². The molecule has 0 aromatic heterocycles. The molecule has 0 heterocycles. The standard InChI is InChI=1S/C13H16FN/c1-9(2)7-11(4)15-13-6-5-10(3)8-12(13)14/h5-8,15H,1H2,2-4H3/b11-7+. The van der Waals surface area contributed by atoms with E-state index in [4.69, 9.17) is 0 Å². The number of rotatable bonds is 3. The first-order valence-corrected chi connectivity index (χ1v) is 4.86. The third-order valence-electron chi connectivity index (χ3n) is 1.92. The van der Waals surface area contributed by atoms with Gasteiger partial charge in [0.05, 0.1) is 5.69 Å². The minimum absolute atomic E-state index is 0.232. The quantitative estimate of drug-likeness (QED) is 0.735. The highest BCUT2D eigenvalue weighted by molar-refractivity contribution is 5.50. The van der Waals surface area contributed by atoms with Crippen LogP contribution in [0.25, 0.3) is 0 Å². The Morgan fingerprint density at radius 1 is 1.40 bits per heavy atom. The first kappa shape index (κ1) is 11.5. The maximum absolute atomic E-state index is 13.4. The Bertz CT molecular complexity index is 405. The number of hydrogen-bond donors (Lipinski definition) is 1. The van der Waals surface area contributed by atoms with Crippen molar-refractivity contribution in [2.75, 3.05) is 5.32 Å². The first-order valence-electron chi connectivity index (χ1n) is 4.86. The van der Waals surface area contributed by atoms with Crippen molar-refractivity contribution in [1.82, 2.24) is 0 Å². The van der Waals surface area contributed by atoms with Crippen molar-refractivity contribution < 1.29 is 4.39 Å². The number of allylic oxidation sites excluding steroid dienone is 3. The number of nitrogens with one attached hydrogen (secondary N) is 1. The third-order valence-corrected chi connectivity index (χ3v) is 1.92. The van der Waals surface area contributed by atoms with Gasteiger partial charge >= 0.3 is 0 Å². The number of halogens is 1. The Balaban J connectivity index is 2.86. The summed E-state index contributed by atoms with van der Waals surface area (Å²) in [5, 5.41) is 2.99. The van der Waals surface area contributed by atoms with Crippen molar-refractivity contribution in [1.29, 1.82) is 0 Å². The van der Waals surface area contributed by atoms with Gasteiger partial charge in [0, 0.05) is 5.70 Å². The van der Waals surface area contributed by atoms with E-state index >= 15 is 0 Å². The highest BCUT2D eigenvalue weighted by atomic mass is 19.1. The van der Waals surface area contributed by atoms with E-state index in [1.165, 1.54) is 6.07 Å². The lowest BCUT2D eigenvalue weighted by molar-refractivity contribution is 0.630. The van der Waals surface area contributed by atoms with Crippen LogP contribution in [-0.2, 0) is 0 Å². The minimum Gasteiger partial charge on any atom is -0.357 e. The summed E-state index contributed by atoms with van der Waals surface area (Å²) >= 11 is 0. The van der Waals surface area contributed by atoms with E-state index in [1.54, 1.807) is 6.07 Å². The zero-order valence-electron chi connectivity index (χ0n) is 9.39. The molecule has 1 aromatic carbocycles. The van der Waals surface area contributed by atoms with E-state index in [1.807, 2.05) is 32.9 Å². The van der Waals surface area contributed by atoms with Gasteiger partial charge in [-0.1, -0.05) is 18.2 Å². The molecule has 0 radical (unpaired) electrons. The highest BCUT2D eigenvalue weighted by Gasteiger charge is 2.01. The molecule has 1 aromatic rings. The van der Waals surface area contributed by atoms with Gasteiger partial charge in [0.2, 0.25) is 0 Å². The first-order chi connectivity index (χ1) is 6.99. The second-order valence-electron chi connectivity index (χ2n) is 3.78. The summed E-state index contributed by atoms with van der Waals surface area (Å²) < 4.78 is 13.4. The summed E-state index contributed by atoms with van der Waals surface area (Å²) in [5.41, 5.74) is 3.23. The number of benzene rings is 1. The van der Waals surface area contributed by atoms with Crippen molar-refractivity contribution in [3.05, 3.63) is 53.5 Å². The van der Waals surface area contributed by atoms with Crippen LogP contribution in [0.4, 0.5) is 10.1 Å². The number of anilines is 1. The molecule has 0 amide bonds. The average Bonchev–Trinajstić information content (AvgIpc) is 2.08. The Morgan fingerprint density at radius 3 is 2.60 bits per heavy atom. The smallest absolute Gasteiger partial charge is 0.146 e. The Hall–Kier alpha value is -1.57. The molecule has 0 saturated carbocycles. The van der Waals surface area contributed by atoms with Gasteiger partial charge in [0.25, 0.3) is 0 Å². The van der Waals surface area contributed by atoms with Crippen LogP contribution >= 0.6 is 0 Å². The van der Waals surface area contributed by atoms with Gasteiger partial charge in [-0.2, -0.15) is 0 Å². The van der Waals surface area contributed by atoms with Crippen LogP contribution in [0.3, 0.4) is 0 Å². The summed E-state index contributed by atoms with van der Waals surface area (Å²) in [5.74, 6) is -0.232. The predicted octanol–water partition coefficient (Wildman–Crippen LogP) is 4.03. The average molecular weight is 205 g/mol. The van der Waals surface area contributed by atoms with E-state index in [-0.39, 0.29) is 5.82 Å². The monoisotopic (exact) mass is 205 g/mol. The largest absolute Gasteiger partial charge is 0.357 e. The summed E-state index contributed by atoms with van der Waals surface area (Å²) in [6.07, 6.45) is 1.87. The zero-order chi connectivity index (χ0) is 11.4. The van der Waals surface area contributed by atoms with Crippen LogP contribution < -0.4 is 5.32 Å². The van der Waals surface area contributed by atoms with Crippen LogP contribution in [0.1, 0.15) is 19.4 Å². The van der Waals surface area contributed by atoms with Crippen LogP contribution in [0, 0.1) is 12.7 Å². The number of aryl methyl sites for hydroxylation is 1. The van der Waals surface area contributed by atoms with Crippen LogP contribution in [0.2, 0.25) is 0 Å². The molecule has 0 bridgehead atoms. The summed E-state index contributed by atoms with van der Waals surface area (Å²) in [6, 6.07) is 5.12. The van der Waals surface area contributed by atoms with Crippen molar-refractivity contribution in [3.63, 3.8) is 0 Å². The van der Waals surface area contributed by atoms with Gasteiger partial charge in [0.1, 0.15) is 5.82 Å². The minimum atomic E-state index is -0.232. The molecule has 0 atom stereocenters. The van der Waals surface area contributed by atoms with E-state index < -0.39 is 0 Å². The summed E-state index contributed by atoms with van der Waals surface area (Å²) in [7, 11) is 0. The Labute approximate surface area is 90.3 Å². The van der Waals surface area contributed by atoms with Gasteiger partial charge in [-0.25, -0.2) is 4.39 Å². The van der Waals surface area contributed by atoms with Crippen LogP contribution in [-0.4, -0.2) is 0 Å². The lowest BCUT2D eigenvalue weighted by atomic mass is 10.2. The number of hydrogen-bond acceptors (Lipinski definition) is 1. The molecular formula is C13H16FN. The van der Waals surface area contributed by atoms with Gasteiger partial charge in [-0.15, -0.1) is 0 Å². The van der Waals surface area contributed by atoms with E-state index in [0.717, 1.165) is 16.8 Å². The summed E-state index contributed by atoms with van der Waals surface area (Å²) in [6.45, 7) is 9.41. The lowest BCUT2D eigenvalue weighted by Crippen LogP contribution is -1.98. The maximum Gasteiger partial charge on any atom is 0.146 e. The second kappa shape index (κ2) is 4.78. The molecule has 2 heteroatoms. The van der Waals surface area contributed by atoms with Crippen LogP contribution in [0.15, 0.2) is 42.1 Å². The lowest BCUT2D eigenvalue weighted by Gasteiger charge is -2.08. The van der Waals surface area contributed by atoms with Gasteiger partial charge in [-0.3, -0.25) is 0 Å². The Kier molecular flexibility index (Phi) is 3.67. The molecule has 15 heavy (non-hydrogen) atoms. The molecule has 0 fully saturated rings. The second-order valence-corrected chi connectivity index (χ2v) is 3.78. The van der Waals surface area contributed by atoms with Crippen LogP contribution in [0.5, 0.6) is 0 Å². The van der Waals surface area contributed by atoms with Crippen molar-refractivity contribution >= 4 is 5.69 Å².